The van der Waals surface area contributed by atoms with Crippen LogP contribution in [-0.4, -0.2) is 24.4 Å². The zero-order chi connectivity index (χ0) is 13.9. The zero-order valence-electron chi connectivity index (χ0n) is 9.02. The molecule has 18 heavy (non-hydrogen) atoms. The van der Waals surface area contributed by atoms with E-state index in [1.807, 2.05) is 0 Å². The van der Waals surface area contributed by atoms with Crippen LogP contribution in [0.4, 0.5) is 22.0 Å². The summed E-state index contributed by atoms with van der Waals surface area (Å²) >= 11 is 0. The third-order valence-corrected chi connectivity index (χ3v) is 2.14. The minimum absolute atomic E-state index is 0.101. The molecule has 0 amide bonds. The maximum atomic E-state index is 13.1. The van der Waals surface area contributed by atoms with E-state index in [2.05, 4.69) is 4.74 Å². The fourth-order valence-electron chi connectivity index (χ4n) is 1.13. The number of aliphatic hydroxyl groups excluding tert-OH is 1. The average molecular weight is 271 g/mol. The van der Waals surface area contributed by atoms with Crippen molar-refractivity contribution >= 4 is 0 Å². The number of hydrogen-bond donors (Lipinski definition) is 2. The lowest BCUT2D eigenvalue weighted by Crippen LogP contribution is -2.22. The van der Waals surface area contributed by atoms with E-state index in [-0.39, 0.29) is 13.0 Å². The van der Waals surface area contributed by atoms with Gasteiger partial charge in [-0.2, -0.15) is 8.78 Å². The molecule has 0 saturated heterocycles. The molecule has 1 aromatic carbocycles. The Labute approximate surface area is 99.0 Å². The highest BCUT2D eigenvalue weighted by molar-refractivity contribution is 5.29. The maximum absolute atomic E-state index is 13.1. The number of ether oxygens (including phenoxy) is 1. The number of aliphatic hydroxyl groups is 1. The van der Waals surface area contributed by atoms with Crippen LogP contribution in [0.3, 0.4) is 0 Å². The van der Waals surface area contributed by atoms with Crippen molar-refractivity contribution in [2.45, 2.75) is 12.5 Å². The molecule has 0 aliphatic rings. The van der Waals surface area contributed by atoms with Gasteiger partial charge in [0.1, 0.15) is 0 Å². The predicted molar refractivity (Wildman–Crippen MR) is 51.4 cm³/mol. The molecular weight excluding hydrogens is 261 g/mol. The minimum Gasteiger partial charge on any atom is -0.487 e. The Hall–Kier alpha value is -1.41. The van der Waals surface area contributed by atoms with E-state index in [4.69, 9.17) is 10.8 Å². The SMILES string of the molecule is NCC(O)CCOc1c(F)c(F)c(F)c(F)c1F. The van der Waals surface area contributed by atoms with Crippen molar-refractivity contribution in [1.29, 1.82) is 0 Å². The second kappa shape index (κ2) is 5.96. The van der Waals surface area contributed by atoms with Gasteiger partial charge in [-0.05, 0) is 0 Å². The van der Waals surface area contributed by atoms with E-state index in [0.29, 0.717) is 0 Å². The summed E-state index contributed by atoms with van der Waals surface area (Å²) < 4.78 is 68.7. The molecule has 0 saturated carbocycles. The van der Waals surface area contributed by atoms with Gasteiger partial charge in [0.2, 0.25) is 29.1 Å². The normalized spacial score (nSPS) is 12.6. The predicted octanol–water partition coefficient (Wildman–Crippen LogP) is 1.47. The lowest BCUT2D eigenvalue weighted by Gasteiger charge is -2.11. The van der Waals surface area contributed by atoms with Crippen molar-refractivity contribution in [2.75, 3.05) is 13.2 Å². The summed E-state index contributed by atoms with van der Waals surface area (Å²) in [6, 6.07) is 0. The summed E-state index contributed by atoms with van der Waals surface area (Å²) in [5.41, 5.74) is 5.06. The van der Waals surface area contributed by atoms with Gasteiger partial charge in [-0.1, -0.05) is 0 Å². The van der Waals surface area contributed by atoms with E-state index in [1.165, 1.54) is 0 Å². The van der Waals surface area contributed by atoms with Crippen molar-refractivity contribution in [1.82, 2.24) is 0 Å². The molecule has 3 nitrogen and oxygen atoms in total. The molecule has 1 unspecified atom stereocenters. The molecule has 0 heterocycles. The molecule has 0 bridgehead atoms. The van der Waals surface area contributed by atoms with Crippen LogP contribution in [0.2, 0.25) is 0 Å². The van der Waals surface area contributed by atoms with E-state index in [9.17, 15) is 22.0 Å². The Morgan fingerprint density at radius 3 is 1.83 bits per heavy atom. The lowest BCUT2D eigenvalue weighted by atomic mass is 10.2. The van der Waals surface area contributed by atoms with Gasteiger partial charge >= 0.3 is 0 Å². The fourth-order valence-corrected chi connectivity index (χ4v) is 1.13. The van der Waals surface area contributed by atoms with Crippen LogP contribution in [-0.2, 0) is 0 Å². The van der Waals surface area contributed by atoms with Crippen molar-refractivity contribution in [2.24, 2.45) is 5.73 Å². The first kappa shape index (κ1) is 14.7. The van der Waals surface area contributed by atoms with Gasteiger partial charge in [0.25, 0.3) is 0 Å². The Balaban J connectivity index is 2.89. The van der Waals surface area contributed by atoms with Gasteiger partial charge in [-0.15, -0.1) is 0 Å². The first-order chi connectivity index (χ1) is 8.40. The number of nitrogens with two attached hydrogens (primary N) is 1. The molecule has 0 aromatic heterocycles. The molecule has 1 atom stereocenters. The summed E-state index contributed by atoms with van der Waals surface area (Å²) in [7, 11) is 0. The van der Waals surface area contributed by atoms with E-state index >= 15 is 0 Å². The summed E-state index contributed by atoms with van der Waals surface area (Å²) in [4.78, 5) is 0. The molecule has 0 aliphatic heterocycles. The highest BCUT2D eigenvalue weighted by Crippen LogP contribution is 2.29. The van der Waals surface area contributed by atoms with E-state index < -0.39 is 47.5 Å². The van der Waals surface area contributed by atoms with Gasteiger partial charge in [0.05, 0.1) is 12.7 Å². The van der Waals surface area contributed by atoms with Gasteiger partial charge in [0.15, 0.2) is 5.75 Å². The molecule has 0 fully saturated rings. The first-order valence-corrected chi connectivity index (χ1v) is 4.92. The molecule has 8 heteroatoms. The minimum atomic E-state index is -2.25. The molecule has 0 aliphatic carbocycles. The summed E-state index contributed by atoms with van der Waals surface area (Å²) in [6.45, 7) is -0.544. The molecule has 1 rings (SSSR count). The largest absolute Gasteiger partial charge is 0.487 e. The van der Waals surface area contributed by atoms with Crippen LogP contribution in [0.5, 0.6) is 5.75 Å². The van der Waals surface area contributed by atoms with Crippen molar-refractivity contribution in [3.63, 3.8) is 0 Å². The zero-order valence-corrected chi connectivity index (χ0v) is 9.02. The summed E-state index contributed by atoms with van der Waals surface area (Å²) in [5, 5.41) is 9.03. The Bertz CT molecular complexity index is 412. The smallest absolute Gasteiger partial charge is 0.206 e. The molecule has 3 N–H and O–H groups in total. The topological polar surface area (TPSA) is 55.5 Å². The van der Waals surface area contributed by atoms with Crippen LogP contribution in [0.25, 0.3) is 0 Å². The van der Waals surface area contributed by atoms with E-state index in [1.54, 1.807) is 0 Å². The standard InChI is InChI=1S/C10H10F5NO2/c11-5-6(12)8(14)10(9(15)7(5)13)18-2-1-4(17)3-16/h4,17H,1-3,16H2. The van der Waals surface area contributed by atoms with Crippen molar-refractivity contribution in [3.05, 3.63) is 29.1 Å². The lowest BCUT2D eigenvalue weighted by molar-refractivity contribution is 0.141. The fraction of sp³-hybridized carbons (Fsp3) is 0.400. The first-order valence-electron chi connectivity index (χ1n) is 4.92. The Morgan fingerprint density at radius 2 is 1.39 bits per heavy atom. The Morgan fingerprint density at radius 1 is 0.944 bits per heavy atom. The molecule has 1 aromatic rings. The second-order valence-corrected chi connectivity index (χ2v) is 3.43. The van der Waals surface area contributed by atoms with E-state index in [0.717, 1.165) is 0 Å². The summed E-state index contributed by atoms with van der Waals surface area (Å²) in [6.07, 6.45) is -1.08. The molecule has 102 valence electrons. The van der Waals surface area contributed by atoms with Crippen LogP contribution in [0, 0.1) is 29.1 Å². The highest BCUT2D eigenvalue weighted by atomic mass is 19.2. The van der Waals surface area contributed by atoms with Gasteiger partial charge < -0.3 is 15.6 Å². The molecule has 0 radical (unpaired) electrons. The third kappa shape index (κ3) is 2.88. The van der Waals surface area contributed by atoms with Crippen LogP contribution in [0.15, 0.2) is 0 Å². The van der Waals surface area contributed by atoms with Crippen molar-refractivity contribution < 1.29 is 31.8 Å². The van der Waals surface area contributed by atoms with Crippen molar-refractivity contribution in [3.8, 4) is 5.75 Å². The number of halogens is 5. The summed E-state index contributed by atoms with van der Waals surface area (Å²) in [5.74, 6) is -11.9. The quantitative estimate of drug-likeness (QED) is 0.484. The van der Waals surface area contributed by atoms with Gasteiger partial charge in [0, 0.05) is 13.0 Å². The average Bonchev–Trinajstić information content (AvgIpc) is 2.37. The number of benzene rings is 1. The molecular formula is C10H10F5NO2. The highest BCUT2D eigenvalue weighted by Gasteiger charge is 2.26. The number of hydrogen-bond acceptors (Lipinski definition) is 3. The van der Waals surface area contributed by atoms with Crippen LogP contribution >= 0.6 is 0 Å². The maximum Gasteiger partial charge on any atom is 0.206 e. The van der Waals surface area contributed by atoms with Crippen LogP contribution in [0.1, 0.15) is 6.42 Å². The molecule has 0 spiro atoms. The number of rotatable bonds is 5. The van der Waals surface area contributed by atoms with Gasteiger partial charge in [-0.25, -0.2) is 13.2 Å². The monoisotopic (exact) mass is 271 g/mol. The Kier molecular flexibility index (Phi) is 4.85. The second-order valence-electron chi connectivity index (χ2n) is 3.43. The van der Waals surface area contributed by atoms with Crippen LogP contribution < -0.4 is 10.5 Å². The third-order valence-electron chi connectivity index (χ3n) is 2.14. The van der Waals surface area contributed by atoms with Gasteiger partial charge in [-0.3, -0.25) is 0 Å².